The first-order chi connectivity index (χ1) is 20.1. The highest BCUT2D eigenvalue weighted by molar-refractivity contribution is 9.10. The van der Waals surface area contributed by atoms with Gasteiger partial charge < -0.3 is 34.7 Å². The summed E-state index contributed by atoms with van der Waals surface area (Å²) >= 11 is 3.26. The number of aliphatic hydroxyl groups excluding tert-OH is 1. The molecule has 3 rings (SSSR count). The van der Waals surface area contributed by atoms with E-state index in [1.54, 1.807) is 38.1 Å². The molecule has 42 heavy (non-hydrogen) atoms. The van der Waals surface area contributed by atoms with Gasteiger partial charge in [0.05, 0.1) is 40.9 Å². The average molecular weight is 648 g/mol. The molecule has 224 valence electrons. The first-order valence-electron chi connectivity index (χ1n) is 12.5. The van der Waals surface area contributed by atoms with Crippen molar-refractivity contribution < 1.29 is 38.6 Å². The van der Waals surface area contributed by atoms with E-state index in [4.69, 9.17) is 18.9 Å². The van der Waals surface area contributed by atoms with E-state index in [1.165, 1.54) is 25.5 Å². The molecule has 2 aromatic rings. The minimum atomic E-state index is -1.26. The van der Waals surface area contributed by atoms with Crippen molar-refractivity contribution in [2.45, 2.75) is 26.1 Å². The summed E-state index contributed by atoms with van der Waals surface area (Å²) in [4.78, 5) is 35.4. The number of nitro groups is 1. The van der Waals surface area contributed by atoms with Crippen LogP contribution in [0.5, 0.6) is 17.2 Å². The molecule has 2 aromatic carbocycles. The summed E-state index contributed by atoms with van der Waals surface area (Å²) in [5.74, 6) is 0.0682. The van der Waals surface area contributed by atoms with Crippen molar-refractivity contribution in [3.63, 3.8) is 0 Å². The van der Waals surface area contributed by atoms with E-state index in [2.05, 4.69) is 43.7 Å². The highest BCUT2D eigenvalue weighted by Gasteiger charge is 2.32. The lowest BCUT2D eigenvalue weighted by atomic mass is 9.95. The van der Waals surface area contributed by atoms with E-state index in [0.717, 1.165) is 0 Å². The number of amides is 2. The minimum Gasteiger partial charge on any atom is -0.490 e. The van der Waals surface area contributed by atoms with Crippen molar-refractivity contribution in [1.82, 2.24) is 16.1 Å². The highest BCUT2D eigenvalue weighted by atomic mass is 79.9. The Kier molecular flexibility index (Phi) is 11.3. The molecule has 0 aliphatic carbocycles. The van der Waals surface area contributed by atoms with Crippen LogP contribution in [-0.4, -0.2) is 61.4 Å². The Morgan fingerprint density at radius 2 is 2.05 bits per heavy atom. The lowest BCUT2D eigenvalue weighted by molar-refractivity contribution is -0.385. The van der Waals surface area contributed by atoms with Gasteiger partial charge in [-0.1, -0.05) is 18.7 Å². The number of nitrogens with one attached hydrogen (secondary N) is 3. The van der Waals surface area contributed by atoms with Gasteiger partial charge in [0.15, 0.2) is 17.7 Å². The maximum atomic E-state index is 12.4. The zero-order valence-electron chi connectivity index (χ0n) is 23.0. The molecule has 14 nitrogen and oxygen atoms in total. The van der Waals surface area contributed by atoms with Crippen LogP contribution in [0.4, 0.5) is 10.5 Å². The van der Waals surface area contributed by atoms with Crippen LogP contribution in [0.15, 0.2) is 63.8 Å². The van der Waals surface area contributed by atoms with E-state index in [-0.39, 0.29) is 30.2 Å². The molecule has 4 N–H and O–H groups in total. The van der Waals surface area contributed by atoms with E-state index < -0.39 is 29.2 Å². The number of nitro benzene ring substituents is 1. The molecule has 0 unspecified atom stereocenters. The van der Waals surface area contributed by atoms with Gasteiger partial charge in [-0.25, -0.2) is 9.59 Å². The minimum absolute atomic E-state index is 0.0600. The lowest BCUT2D eigenvalue weighted by Gasteiger charge is -2.28. The molecule has 0 radical (unpaired) electrons. The molecular weight excluding hydrogens is 618 g/mol. The number of hydrazone groups is 1. The van der Waals surface area contributed by atoms with Gasteiger partial charge in [-0.05, 0) is 53.5 Å². The number of carbonyl (C=O) groups is 2. The second-order valence-corrected chi connectivity index (χ2v) is 9.48. The zero-order valence-corrected chi connectivity index (χ0v) is 24.6. The van der Waals surface area contributed by atoms with Crippen LogP contribution in [0.25, 0.3) is 0 Å². The second-order valence-electron chi connectivity index (χ2n) is 8.62. The zero-order chi connectivity index (χ0) is 30.8. The largest absolute Gasteiger partial charge is 0.490 e. The van der Waals surface area contributed by atoms with E-state index in [9.17, 15) is 24.8 Å². The average Bonchev–Trinajstić information content (AvgIpc) is 2.95. The van der Waals surface area contributed by atoms with E-state index >= 15 is 0 Å². The van der Waals surface area contributed by atoms with Crippen LogP contribution in [0.1, 0.15) is 31.0 Å². The molecule has 1 heterocycles. The molecule has 2 amide bonds. The summed E-state index contributed by atoms with van der Waals surface area (Å²) in [5, 5.41) is 31.0. The summed E-state index contributed by atoms with van der Waals surface area (Å²) < 4.78 is 22.0. The molecule has 1 aliphatic rings. The van der Waals surface area contributed by atoms with Gasteiger partial charge >= 0.3 is 17.7 Å². The normalized spacial score (nSPS) is 15.4. The van der Waals surface area contributed by atoms with Crippen LogP contribution >= 0.6 is 15.9 Å². The van der Waals surface area contributed by atoms with Gasteiger partial charge in [0.2, 0.25) is 5.75 Å². The van der Waals surface area contributed by atoms with Gasteiger partial charge in [0.25, 0.3) is 0 Å². The number of urea groups is 1. The second kappa shape index (κ2) is 14.8. The lowest BCUT2D eigenvalue weighted by Crippen LogP contribution is -2.45. The SMILES string of the molecule is C=CCOc1c(Br)cc(/C=N/N[C@H](O)COc2ccc([C@H]3NC(=O)NC(C)=C3C(=O)OC)cc2OCC)cc1[N+](=O)[O-]. The Balaban J connectivity index is 1.70. The van der Waals surface area contributed by atoms with Crippen molar-refractivity contribution in [1.29, 1.82) is 0 Å². The number of esters is 1. The Labute approximate surface area is 249 Å². The predicted molar refractivity (Wildman–Crippen MR) is 155 cm³/mol. The Morgan fingerprint density at radius 1 is 1.29 bits per heavy atom. The Bertz CT molecular complexity index is 1410. The number of nitrogens with zero attached hydrogens (tertiary/aromatic N) is 2. The van der Waals surface area contributed by atoms with Crippen LogP contribution in [0.2, 0.25) is 0 Å². The standard InChI is InChI=1S/C27H30BrN5O9/c1-5-9-41-25-18(28)10-16(11-19(25)33(37)38)13-29-32-22(34)14-42-20-8-7-17(12-21(20)40-6-2)24-23(26(35)39-4)15(3)30-27(36)31-24/h5,7-8,10-13,22,24,32,34H,1,6,9,14H2,2-4H3,(H2,30,31,36)/b29-13+/t22-,24-/m1/s1. The Hall–Kier alpha value is -4.63. The first kappa shape index (κ1) is 31.9. The van der Waals surface area contributed by atoms with Gasteiger partial charge in [-0.15, -0.1) is 0 Å². The topological polar surface area (TPSA) is 183 Å². The van der Waals surface area contributed by atoms with Gasteiger partial charge in [-0.2, -0.15) is 5.10 Å². The number of benzene rings is 2. The fourth-order valence-corrected chi connectivity index (χ4v) is 4.50. The first-order valence-corrected chi connectivity index (χ1v) is 13.3. The molecule has 0 spiro atoms. The van der Waals surface area contributed by atoms with Crippen LogP contribution in [-0.2, 0) is 9.53 Å². The van der Waals surface area contributed by atoms with Gasteiger partial charge in [0, 0.05) is 17.3 Å². The molecule has 0 aromatic heterocycles. The van der Waals surface area contributed by atoms with Gasteiger partial charge in [-0.3, -0.25) is 15.5 Å². The summed E-state index contributed by atoms with van der Waals surface area (Å²) in [6.07, 6.45) is 1.50. The van der Waals surface area contributed by atoms with Gasteiger partial charge in [0.1, 0.15) is 13.2 Å². The third-order valence-electron chi connectivity index (χ3n) is 5.70. The van der Waals surface area contributed by atoms with Crippen molar-refractivity contribution >= 4 is 39.8 Å². The third kappa shape index (κ3) is 7.98. The summed E-state index contributed by atoms with van der Waals surface area (Å²) in [6, 6.07) is 6.44. The molecule has 15 heteroatoms. The number of ether oxygens (including phenoxy) is 4. The van der Waals surface area contributed by atoms with E-state index in [0.29, 0.717) is 39.4 Å². The number of aliphatic hydroxyl groups is 1. The maximum Gasteiger partial charge on any atom is 0.337 e. The van der Waals surface area contributed by atoms with Crippen molar-refractivity contribution in [2.24, 2.45) is 5.10 Å². The number of methoxy groups -OCH3 is 1. The molecule has 0 saturated heterocycles. The fraction of sp³-hybridized carbons (Fsp3) is 0.296. The quantitative estimate of drug-likeness (QED) is 0.0591. The van der Waals surface area contributed by atoms with Crippen LogP contribution in [0.3, 0.4) is 0 Å². The number of hydrogen-bond acceptors (Lipinski definition) is 11. The van der Waals surface area contributed by atoms with Crippen molar-refractivity contribution in [3.8, 4) is 17.2 Å². The molecule has 2 atom stereocenters. The number of hydrogen-bond donors (Lipinski definition) is 4. The number of halogens is 1. The molecule has 1 aliphatic heterocycles. The highest BCUT2D eigenvalue weighted by Crippen LogP contribution is 2.37. The molecule has 0 saturated carbocycles. The Morgan fingerprint density at radius 3 is 2.71 bits per heavy atom. The summed E-state index contributed by atoms with van der Waals surface area (Å²) in [6.45, 7) is 7.05. The van der Waals surface area contributed by atoms with E-state index in [1.807, 2.05) is 0 Å². The summed E-state index contributed by atoms with van der Waals surface area (Å²) in [7, 11) is 1.25. The van der Waals surface area contributed by atoms with Crippen LogP contribution in [0, 0.1) is 10.1 Å². The number of carbonyl (C=O) groups excluding carboxylic acids is 2. The maximum absolute atomic E-state index is 12.4. The third-order valence-corrected chi connectivity index (χ3v) is 6.29. The smallest absolute Gasteiger partial charge is 0.337 e. The van der Waals surface area contributed by atoms with Crippen LogP contribution < -0.4 is 30.3 Å². The molecule has 0 fully saturated rings. The number of rotatable bonds is 14. The predicted octanol–water partition coefficient (Wildman–Crippen LogP) is 3.44. The summed E-state index contributed by atoms with van der Waals surface area (Å²) in [5.41, 5.74) is 3.74. The monoisotopic (exact) mass is 647 g/mol. The van der Waals surface area contributed by atoms with Crippen molar-refractivity contribution in [3.05, 3.63) is 80.0 Å². The molecular formula is C27H30BrN5O9. The van der Waals surface area contributed by atoms with Crippen molar-refractivity contribution in [2.75, 3.05) is 26.9 Å². The molecule has 0 bridgehead atoms. The number of allylic oxidation sites excluding steroid dienone is 1. The fourth-order valence-electron chi connectivity index (χ4n) is 3.91.